The van der Waals surface area contributed by atoms with Gasteiger partial charge in [0.25, 0.3) is 5.91 Å². The number of hydrogen-bond acceptors (Lipinski definition) is 5. The fraction of sp³-hybridized carbons (Fsp3) is 0.333. The van der Waals surface area contributed by atoms with Crippen molar-refractivity contribution in [3.63, 3.8) is 0 Å². The van der Waals surface area contributed by atoms with Crippen molar-refractivity contribution in [3.8, 4) is 0 Å². The van der Waals surface area contributed by atoms with Crippen molar-refractivity contribution in [2.75, 3.05) is 18.4 Å². The molecule has 3 rings (SSSR count). The Hall–Kier alpha value is -2.13. The first kappa shape index (κ1) is 23.5. The molecule has 1 amide bonds. The fourth-order valence-electron chi connectivity index (χ4n) is 3.15. The highest BCUT2D eigenvalue weighted by atomic mass is 35.5. The molecule has 0 spiro atoms. The van der Waals surface area contributed by atoms with Crippen LogP contribution < -0.4 is 5.32 Å². The van der Waals surface area contributed by atoms with Gasteiger partial charge in [-0.25, -0.2) is 13.2 Å². The van der Waals surface area contributed by atoms with E-state index in [0.717, 1.165) is 19.3 Å². The Balaban J connectivity index is 1.73. The zero-order chi connectivity index (χ0) is 22.6. The summed E-state index contributed by atoms with van der Waals surface area (Å²) >= 11 is 12.1. The first-order valence-corrected chi connectivity index (χ1v) is 12.0. The Labute approximate surface area is 191 Å². The van der Waals surface area contributed by atoms with Crippen molar-refractivity contribution in [2.24, 2.45) is 0 Å². The van der Waals surface area contributed by atoms with Gasteiger partial charge in [-0.05, 0) is 50.1 Å². The molecular weight excluding hydrogens is 463 g/mol. The standard InChI is InChI=1S/C21H22Cl2N2O5S/c1-14(30-21(27)16-7-3-4-8-17(16)22)20(26)24-19-13-15(9-10-18(19)23)31(28,29)25-11-5-2-6-12-25/h3-4,7-10,13-14H,2,5-6,11-12H2,1H3,(H,24,26)/t14-/m0/s1. The van der Waals surface area contributed by atoms with Gasteiger partial charge in [-0.15, -0.1) is 0 Å². The first-order valence-electron chi connectivity index (χ1n) is 9.76. The van der Waals surface area contributed by atoms with Crippen molar-refractivity contribution in [2.45, 2.75) is 37.2 Å². The van der Waals surface area contributed by atoms with Gasteiger partial charge in [0.2, 0.25) is 10.0 Å². The van der Waals surface area contributed by atoms with Crippen LogP contribution in [0.5, 0.6) is 0 Å². The number of rotatable bonds is 6. The zero-order valence-corrected chi connectivity index (χ0v) is 19.1. The highest BCUT2D eigenvalue weighted by molar-refractivity contribution is 7.89. The van der Waals surface area contributed by atoms with E-state index in [1.54, 1.807) is 12.1 Å². The summed E-state index contributed by atoms with van der Waals surface area (Å²) in [6, 6.07) is 10.4. The van der Waals surface area contributed by atoms with Gasteiger partial charge in [0.05, 0.1) is 26.2 Å². The summed E-state index contributed by atoms with van der Waals surface area (Å²) in [4.78, 5) is 24.8. The number of ether oxygens (including phenoxy) is 1. The Morgan fingerprint density at radius 1 is 1.03 bits per heavy atom. The monoisotopic (exact) mass is 484 g/mol. The Morgan fingerprint density at radius 3 is 2.39 bits per heavy atom. The molecule has 1 aliphatic heterocycles. The van der Waals surface area contributed by atoms with Crippen LogP contribution in [-0.4, -0.2) is 43.8 Å². The molecule has 0 saturated carbocycles. The normalized spacial score (nSPS) is 15.8. The van der Waals surface area contributed by atoms with E-state index in [0.29, 0.717) is 13.1 Å². The Bertz CT molecular complexity index is 1080. The number of benzene rings is 2. The lowest BCUT2D eigenvalue weighted by Gasteiger charge is -2.26. The van der Waals surface area contributed by atoms with E-state index in [1.165, 1.54) is 41.6 Å². The molecule has 2 aromatic carbocycles. The van der Waals surface area contributed by atoms with Crippen LogP contribution in [0.1, 0.15) is 36.5 Å². The maximum atomic E-state index is 12.9. The van der Waals surface area contributed by atoms with E-state index in [-0.39, 0.29) is 26.2 Å². The highest BCUT2D eigenvalue weighted by Crippen LogP contribution is 2.28. The van der Waals surface area contributed by atoms with Crippen molar-refractivity contribution in [1.29, 1.82) is 0 Å². The van der Waals surface area contributed by atoms with E-state index in [9.17, 15) is 18.0 Å². The molecule has 1 heterocycles. The summed E-state index contributed by atoms with van der Waals surface area (Å²) in [5.74, 6) is -1.41. The molecular formula is C21H22Cl2N2O5S. The van der Waals surface area contributed by atoms with E-state index in [4.69, 9.17) is 27.9 Å². The highest BCUT2D eigenvalue weighted by Gasteiger charge is 2.27. The summed E-state index contributed by atoms with van der Waals surface area (Å²) < 4.78 is 32.4. The molecule has 0 bridgehead atoms. The molecule has 7 nitrogen and oxygen atoms in total. The van der Waals surface area contributed by atoms with Crippen LogP contribution >= 0.6 is 23.2 Å². The SMILES string of the molecule is C[C@H](OC(=O)c1ccccc1Cl)C(=O)Nc1cc(S(=O)(=O)N2CCCCC2)ccc1Cl. The number of nitrogens with zero attached hydrogens (tertiary/aromatic N) is 1. The topological polar surface area (TPSA) is 92.8 Å². The second-order valence-corrected chi connectivity index (χ2v) is 9.88. The number of hydrogen-bond donors (Lipinski definition) is 1. The number of halogens is 2. The fourth-order valence-corrected chi connectivity index (χ4v) is 5.08. The van der Waals surface area contributed by atoms with Gasteiger partial charge in [-0.1, -0.05) is 41.8 Å². The number of esters is 1. The van der Waals surface area contributed by atoms with Crippen molar-refractivity contribution in [1.82, 2.24) is 4.31 Å². The number of carbonyl (C=O) groups is 2. The smallest absolute Gasteiger partial charge is 0.340 e. The lowest BCUT2D eigenvalue weighted by Crippen LogP contribution is -2.35. The number of carbonyl (C=O) groups excluding carboxylic acids is 2. The van der Waals surface area contributed by atoms with Gasteiger partial charge in [0, 0.05) is 13.1 Å². The van der Waals surface area contributed by atoms with Gasteiger partial charge in [-0.3, -0.25) is 4.79 Å². The molecule has 0 unspecified atom stereocenters. The number of sulfonamides is 1. The van der Waals surface area contributed by atoms with E-state index in [1.807, 2.05) is 0 Å². The van der Waals surface area contributed by atoms with Crippen LogP contribution in [0.2, 0.25) is 10.0 Å². The number of anilines is 1. The molecule has 0 radical (unpaired) electrons. The van der Waals surface area contributed by atoms with Crippen LogP contribution in [0.15, 0.2) is 47.4 Å². The maximum Gasteiger partial charge on any atom is 0.340 e. The van der Waals surface area contributed by atoms with Gasteiger partial charge in [-0.2, -0.15) is 4.31 Å². The van der Waals surface area contributed by atoms with Crippen LogP contribution in [-0.2, 0) is 19.6 Å². The second-order valence-electron chi connectivity index (χ2n) is 7.12. The molecule has 166 valence electrons. The third kappa shape index (κ3) is 5.57. The lowest BCUT2D eigenvalue weighted by atomic mass is 10.2. The molecule has 0 aliphatic carbocycles. The minimum atomic E-state index is -3.69. The van der Waals surface area contributed by atoms with Crippen molar-refractivity contribution < 1.29 is 22.7 Å². The van der Waals surface area contributed by atoms with E-state index in [2.05, 4.69) is 5.32 Å². The van der Waals surface area contributed by atoms with Gasteiger partial charge in [0.1, 0.15) is 0 Å². The summed E-state index contributed by atoms with van der Waals surface area (Å²) in [5.41, 5.74) is 0.252. The maximum absolute atomic E-state index is 12.9. The number of nitrogens with one attached hydrogen (secondary N) is 1. The number of amides is 1. The lowest BCUT2D eigenvalue weighted by molar-refractivity contribution is -0.123. The van der Waals surface area contributed by atoms with Gasteiger partial charge < -0.3 is 10.1 Å². The predicted octanol–water partition coefficient (Wildman–Crippen LogP) is 4.35. The van der Waals surface area contributed by atoms with Crippen LogP contribution in [0.25, 0.3) is 0 Å². The summed E-state index contributed by atoms with van der Waals surface area (Å²) in [5, 5.41) is 2.90. The first-order chi connectivity index (χ1) is 14.7. The van der Waals surface area contributed by atoms with E-state index < -0.39 is 28.0 Å². The molecule has 1 aliphatic rings. The van der Waals surface area contributed by atoms with E-state index >= 15 is 0 Å². The largest absolute Gasteiger partial charge is 0.449 e. The second kappa shape index (κ2) is 9.99. The molecule has 10 heteroatoms. The molecule has 1 N–H and O–H groups in total. The molecule has 31 heavy (non-hydrogen) atoms. The molecule has 1 fully saturated rings. The van der Waals surface area contributed by atoms with Crippen molar-refractivity contribution in [3.05, 3.63) is 58.1 Å². The molecule has 0 aromatic heterocycles. The average molecular weight is 485 g/mol. The third-order valence-corrected chi connectivity index (χ3v) is 7.45. The Kier molecular flexibility index (Phi) is 7.59. The zero-order valence-electron chi connectivity index (χ0n) is 16.8. The quantitative estimate of drug-likeness (QED) is 0.615. The minimum absolute atomic E-state index is 0.0369. The Morgan fingerprint density at radius 2 is 1.71 bits per heavy atom. The number of piperidine rings is 1. The van der Waals surface area contributed by atoms with Gasteiger partial charge >= 0.3 is 5.97 Å². The predicted molar refractivity (Wildman–Crippen MR) is 119 cm³/mol. The van der Waals surface area contributed by atoms with Gasteiger partial charge in [0.15, 0.2) is 6.10 Å². The molecule has 1 atom stereocenters. The summed E-state index contributed by atoms with van der Waals surface area (Å²) in [7, 11) is -3.69. The van der Waals surface area contributed by atoms with Crippen LogP contribution in [0, 0.1) is 0 Å². The summed E-state index contributed by atoms with van der Waals surface area (Å²) in [6.45, 7) is 2.32. The molecule has 2 aromatic rings. The van der Waals surface area contributed by atoms with Crippen LogP contribution in [0.4, 0.5) is 5.69 Å². The van der Waals surface area contributed by atoms with Crippen LogP contribution in [0.3, 0.4) is 0 Å². The van der Waals surface area contributed by atoms with Crippen molar-refractivity contribution >= 4 is 50.8 Å². The molecule has 1 saturated heterocycles. The average Bonchev–Trinajstić information content (AvgIpc) is 2.75. The summed E-state index contributed by atoms with van der Waals surface area (Å²) in [6.07, 6.45) is 1.45. The minimum Gasteiger partial charge on any atom is -0.449 e. The third-order valence-electron chi connectivity index (χ3n) is 4.90.